The first-order chi connectivity index (χ1) is 14.2. The molecule has 8 heteroatoms. The molecule has 3 heterocycles. The smallest absolute Gasteiger partial charge is 0.232 e. The SMILES string of the molecule is S=C(NCc1ccccc1Cl)Nc1nc(N2CCCCC2)cc(N2CCCC2)n1. The normalized spacial score (nSPS) is 16.7. The van der Waals surface area contributed by atoms with E-state index < -0.39 is 0 Å². The minimum absolute atomic E-state index is 0.494. The number of benzene rings is 1. The van der Waals surface area contributed by atoms with E-state index in [1.54, 1.807) is 0 Å². The molecule has 0 spiro atoms. The van der Waals surface area contributed by atoms with Crippen LogP contribution in [0.15, 0.2) is 30.3 Å². The van der Waals surface area contributed by atoms with Crippen molar-refractivity contribution in [2.75, 3.05) is 41.3 Å². The third-order valence-corrected chi connectivity index (χ3v) is 6.05. The van der Waals surface area contributed by atoms with Crippen molar-refractivity contribution < 1.29 is 0 Å². The maximum Gasteiger partial charge on any atom is 0.232 e. The molecule has 1 aromatic heterocycles. The number of nitrogens with zero attached hydrogens (tertiary/aromatic N) is 4. The highest BCUT2D eigenvalue weighted by atomic mass is 35.5. The molecule has 1 aromatic carbocycles. The molecular formula is C21H27ClN6S. The molecular weight excluding hydrogens is 404 g/mol. The maximum atomic E-state index is 6.23. The Kier molecular flexibility index (Phi) is 6.67. The van der Waals surface area contributed by atoms with Crippen molar-refractivity contribution >= 4 is 46.5 Å². The standard InChI is InChI=1S/C21H27ClN6S/c22-17-9-3-2-8-16(17)15-23-21(29)26-20-24-18(27-10-4-1-5-11-27)14-19(25-20)28-12-6-7-13-28/h2-3,8-9,14H,1,4-7,10-13,15H2,(H2,23,24,25,26,29). The lowest BCUT2D eigenvalue weighted by atomic mass is 10.1. The summed E-state index contributed by atoms with van der Waals surface area (Å²) >= 11 is 11.7. The van der Waals surface area contributed by atoms with E-state index >= 15 is 0 Å². The first kappa shape index (κ1) is 20.2. The molecule has 4 rings (SSSR count). The van der Waals surface area contributed by atoms with Gasteiger partial charge in [0.1, 0.15) is 11.6 Å². The number of hydrogen-bond acceptors (Lipinski definition) is 5. The fourth-order valence-electron chi connectivity index (χ4n) is 3.83. The van der Waals surface area contributed by atoms with E-state index in [1.165, 1.54) is 32.1 Å². The third kappa shape index (κ3) is 5.28. The quantitative estimate of drug-likeness (QED) is 0.689. The van der Waals surface area contributed by atoms with Crippen molar-refractivity contribution in [3.8, 4) is 0 Å². The molecule has 2 aliphatic heterocycles. The molecule has 0 aliphatic carbocycles. The fraction of sp³-hybridized carbons (Fsp3) is 0.476. The molecule has 0 unspecified atom stereocenters. The van der Waals surface area contributed by atoms with Crippen molar-refractivity contribution in [1.29, 1.82) is 0 Å². The lowest BCUT2D eigenvalue weighted by Gasteiger charge is -2.29. The van der Waals surface area contributed by atoms with Crippen molar-refractivity contribution in [2.45, 2.75) is 38.6 Å². The number of halogens is 1. The fourth-order valence-corrected chi connectivity index (χ4v) is 4.20. The van der Waals surface area contributed by atoms with Crippen LogP contribution in [0.25, 0.3) is 0 Å². The number of nitrogens with one attached hydrogen (secondary N) is 2. The second-order valence-corrected chi connectivity index (χ2v) is 8.36. The molecule has 2 aliphatic rings. The Hall–Kier alpha value is -2.12. The Labute approximate surface area is 182 Å². The molecule has 2 fully saturated rings. The number of piperidine rings is 1. The van der Waals surface area contributed by atoms with Gasteiger partial charge in [0.05, 0.1) is 0 Å². The molecule has 154 valence electrons. The second kappa shape index (κ2) is 9.59. The first-order valence-corrected chi connectivity index (χ1v) is 11.1. The molecule has 0 radical (unpaired) electrons. The van der Waals surface area contributed by atoms with Crippen LogP contribution in [-0.4, -0.2) is 41.3 Å². The molecule has 0 saturated carbocycles. The second-order valence-electron chi connectivity index (χ2n) is 7.55. The predicted octanol–water partition coefficient (Wildman–Crippen LogP) is 4.21. The van der Waals surface area contributed by atoms with Gasteiger partial charge in [-0.05, 0) is 56.0 Å². The molecule has 2 saturated heterocycles. The zero-order valence-electron chi connectivity index (χ0n) is 16.5. The molecule has 0 bridgehead atoms. The summed E-state index contributed by atoms with van der Waals surface area (Å²) in [6.07, 6.45) is 6.14. The minimum atomic E-state index is 0.494. The van der Waals surface area contributed by atoms with Gasteiger partial charge >= 0.3 is 0 Å². The van der Waals surface area contributed by atoms with Crippen LogP contribution in [-0.2, 0) is 6.54 Å². The van der Waals surface area contributed by atoms with E-state index in [9.17, 15) is 0 Å². The van der Waals surface area contributed by atoms with Crippen LogP contribution in [0.2, 0.25) is 5.02 Å². The van der Waals surface area contributed by atoms with Gasteiger partial charge in [0.25, 0.3) is 0 Å². The van der Waals surface area contributed by atoms with Crippen molar-refractivity contribution in [2.24, 2.45) is 0 Å². The predicted molar refractivity (Wildman–Crippen MR) is 124 cm³/mol. The average molecular weight is 431 g/mol. The monoisotopic (exact) mass is 430 g/mol. The summed E-state index contributed by atoms with van der Waals surface area (Å²) in [7, 11) is 0. The highest BCUT2D eigenvalue weighted by molar-refractivity contribution is 7.80. The number of rotatable bonds is 5. The molecule has 2 N–H and O–H groups in total. The topological polar surface area (TPSA) is 56.3 Å². The van der Waals surface area contributed by atoms with Crippen LogP contribution in [0.1, 0.15) is 37.7 Å². The largest absolute Gasteiger partial charge is 0.358 e. The van der Waals surface area contributed by atoms with Crippen LogP contribution < -0.4 is 20.4 Å². The van der Waals surface area contributed by atoms with Gasteiger partial charge in [0.15, 0.2) is 5.11 Å². The van der Waals surface area contributed by atoms with E-state index in [-0.39, 0.29) is 0 Å². The summed E-state index contributed by atoms with van der Waals surface area (Å²) in [6, 6.07) is 9.87. The van der Waals surface area contributed by atoms with Crippen LogP contribution in [0.3, 0.4) is 0 Å². The van der Waals surface area contributed by atoms with Crippen LogP contribution in [0.5, 0.6) is 0 Å². The van der Waals surface area contributed by atoms with Gasteiger partial charge in [-0.2, -0.15) is 9.97 Å². The Morgan fingerprint density at radius 3 is 2.14 bits per heavy atom. The molecule has 2 aromatic rings. The molecule has 0 atom stereocenters. The van der Waals surface area contributed by atoms with Gasteiger partial charge in [-0.3, -0.25) is 0 Å². The molecule has 29 heavy (non-hydrogen) atoms. The summed E-state index contributed by atoms with van der Waals surface area (Å²) in [5.41, 5.74) is 0.999. The van der Waals surface area contributed by atoms with E-state index in [1.807, 2.05) is 24.3 Å². The van der Waals surface area contributed by atoms with Crippen molar-refractivity contribution in [3.05, 3.63) is 40.9 Å². The van der Waals surface area contributed by atoms with E-state index in [0.29, 0.717) is 17.6 Å². The van der Waals surface area contributed by atoms with Gasteiger partial charge in [0, 0.05) is 43.8 Å². The third-order valence-electron chi connectivity index (χ3n) is 5.43. The summed E-state index contributed by atoms with van der Waals surface area (Å²) in [5.74, 6) is 2.51. The van der Waals surface area contributed by atoms with Gasteiger partial charge in [-0.1, -0.05) is 29.8 Å². The number of aromatic nitrogens is 2. The Bertz CT molecular complexity index is 849. The highest BCUT2D eigenvalue weighted by Crippen LogP contribution is 2.26. The minimum Gasteiger partial charge on any atom is -0.358 e. The van der Waals surface area contributed by atoms with Crippen LogP contribution >= 0.6 is 23.8 Å². The zero-order valence-corrected chi connectivity index (χ0v) is 18.1. The molecule has 6 nitrogen and oxygen atoms in total. The van der Waals surface area contributed by atoms with Crippen LogP contribution in [0, 0.1) is 0 Å². The zero-order chi connectivity index (χ0) is 20.1. The van der Waals surface area contributed by atoms with Crippen LogP contribution in [0.4, 0.5) is 17.6 Å². The lowest BCUT2D eigenvalue weighted by molar-refractivity contribution is 0.573. The summed E-state index contributed by atoms with van der Waals surface area (Å²) in [5, 5.41) is 7.60. The van der Waals surface area contributed by atoms with Crippen molar-refractivity contribution in [1.82, 2.24) is 15.3 Å². The average Bonchev–Trinajstić information content (AvgIpc) is 3.29. The summed E-state index contributed by atoms with van der Waals surface area (Å²) < 4.78 is 0. The van der Waals surface area contributed by atoms with E-state index in [2.05, 4.69) is 26.5 Å². The van der Waals surface area contributed by atoms with E-state index in [0.717, 1.165) is 48.4 Å². The Morgan fingerprint density at radius 1 is 0.931 bits per heavy atom. The Balaban J connectivity index is 1.48. The summed E-state index contributed by atoms with van der Waals surface area (Å²) in [6.45, 7) is 4.74. The molecule has 0 amide bonds. The van der Waals surface area contributed by atoms with Gasteiger partial charge in [-0.25, -0.2) is 0 Å². The number of thiocarbonyl (C=S) groups is 1. The lowest BCUT2D eigenvalue weighted by Crippen LogP contribution is -2.32. The van der Waals surface area contributed by atoms with Crippen molar-refractivity contribution in [3.63, 3.8) is 0 Å². The maximum absolute atomic E-state index is 6.23. The summed E-state index contributed by atoms with van der Waals surface area (Å²) in [4.78, 5) is 14.2. The highest BCUT2D eigenvalue weighted by Gasteiger charge is 2.19. The Morgan fingerprint density at radius 2 is 1.52 bits per heavy atom. The van der Waals surface area contributed by atoms with E-state index in [4.69, 9.17) is 33.8 Å². The van der Waals surface area contributed by atoms with Gasteiger partial charge in [-0.15, -0.1) is 0 Å². The number of hydrogen-bond donors (Lipinski definition) is 2. The van der Waals surface area contributed by atoms with Gasteiger partial charge < -0.3 is 20.4 Å². The first-order valence-electron chi connectivity index (χ1n) is 10.4. The number of anilines is 3. The van der Waals surface area contributed by atoms with Gasteiger partial charge in [0.2, 0.25) is 5.95 Å².